The predicted octanol–water partition coefficient (Wildman–Crippen LogP) is 2.02. The van der Waals surface area contributed by atoms with Crippen molar-refractivity contribution in [3.8, 4) is 0 Å². The Bertz CT molecular complexity index is 642. The predicted molar refractivity (Wildman–Crippen MR) is 122 cm³/mol. The van der Waals surface area contributed by atoms with Crippen molar-refractivity contribution in [2.45, 2.75) is 19.8 Å². The van der Waals surface area contributed by atoms with Crippen LogP contribution in [0.2, 0.25) is 0 Å². The molecular weight excluding hydrogens is 455 g/mol. The molecule has 0 saturated carbocycles. The van der Waals surface area contributed by atoms with Gasteiger partial charge in [-0.2, -0.15) is 0 Å². The molecule has 0 radical (unpaired) electrons. The highest BCUT2D eigenvalue weighted by Gasteiger charge is 2.03. The summed E-state index contributed by atoms with van der Waals surface area (Å²) >= 11 is 0. The van der Waals surface area contributed by atoms with Crippen LogP contribution in [0.25, 0.3) is 5.65 Å². The van der Waals surface area contributed by atoms with Gasteiger partial charge in [0.2, 0.25) is 0 Å². The SMILES string of the molecule is CCNC(=NCCN(C)CCCOC)NCCc1cn2ccccc2n1.I. The number of likely N-dealkylation sites (N-methyl/N-ethyl adjacent to an activating group) is 1. The Labute approximate surface area is 179 Å². The summed E-state index contributed by atoms with van der Waals surface area (Å²) < 4.78 is 7.14. The first-order valence-corrected chi connectivity index (χ1v) is 9.35. The Morgan fingerprint density at radius 3 is 2.89 bits per heavy atom. The number of imidazole rings is 1. The lowest BCUT2D eigenvalue weighted by atomic mass is 10.3. The molecular formula is C19H33IN6O. The number of nitrogens with zero attached hydrogens (tertiary/aromatic N) is 4. The second kappa shape index (κ2) is 13.7. The molecule has 0 aliphatic carbocycles. The van der Waals surface area contributed by atoms with Crippen LogP contribution < -0.4 is 10.6 Å². The topological polar surface area (TPSA) is 66.2 Å². The average Bonchev–Trinajstić information content (AvgIpc) is 3.04. The summed E-state index contributed by atoms with van der Waals surface area (Å²) in [6.45, 7) is 7.28. The second-order valence-electron chi connectivity index (χ2n) is 6.29. The van der Waals surface area contributed by atoms with Gasteiger partial charge in [-0.25, -0.2) is 4.98 Å². The van der Waals surface area contributed by atoms with Crippen molar-refractivity contribution in [3.05, 3.63) is 36.3 Å². The number of hydrogen-bond acceptors (Lipinski definition) is 4. The van der Waals surface area contributed by atoms with Gasteiger partial charge in [0, 0.05) is 58.7 Å². The van der Waals surface area contributed by atoms with Crippen LogP contribution in [0, 0.1) is 0 Å². The molecule has 27 heavy (non-hydrogen) atoms. The number of rotatable bonds is 11. The summed E-state index contributed by atoms with van der Waals surface area (Å²) in [5.41, 5.74) is 2.07. The third kappa shape index (κ3) is 8.89. The molecule has 0 aliphatic heterocycles. The first kappa shape index (κ1) is 23.6. The maximum Gasteiger partial charge on any atom is 0.191 e. The van der Waals surface area contributed by atoms with Crippen LogP contribution in [-0.2, 0) is 11.2 Å². The number of hydrogen-bond donors (Lipinski definition) is 2. The number of aromatic nitrogens is 2. The maximum atomic E-state index is 5.09. The molecule has 0 saturated heterocycles. The van der Waals surface area contributed by atoms with Crippen molar-refractivity contribution in [2.75, 3.05) is 53.5 Å². The number of fused-ring (bicyclic) bond motifs is 1. The lowest BCUT2D eigenvalue weighted by molar-refractivity contribution is 0.180. The van der Waals surface area contributed by atoms with Gasteiger partial charge < -0.3 is 24.7 Å². The molecule has 7 nitrogen and oxygen atoms in total. The van der Waals surface area contributed by atoms with E-state index in [4.69, 9.17) is 4.74 Å². The Balaban J connectivity index is 0.00000364. The summed E-state index contributed by atoms with van der Waals surface area (Å²) in [6, 6.07) is 6.04. The molecule has 0 unspecified atom stereocenters. The molecule has 0 spiro atoms. The number of halogens is 1. The fourth-order valence-electron chi connectivity index (χ4n) is 2.68. The van der Waals surface area contributed by atoms with Crippen molar-refractivity contribution in [1.82, 2.24) is 24.9 Å². The van der Waals surface area contributed by atoms with Gasteiger partial charge in [-0.1, -0.05) is 6.07 Å². The van der Waals surface area contributed by atoms with Crippen molar-refractivity contribution < 1.29 is 4.74 Å². The summed E-state index contributed by atoms with van der Waals surface area (Å²) in [7, 11) is 3.86. The molecule has 8 heteroatoms. The van der Waals surface area contributed by atoms with E-state index in [0.717, 1.165) is 69.5 Å². The van der Waals surface area contributed by atoms with Gasteiger partial charge in [-0.3, -0.25) is 4.99 Å². The fraction of sp³-hybridized carbons (Fsp3) is 0.579. The van der Waals surface area contributed by atoms with Crippen molar-refractivity contribution in [1.29, 1.82) is 0 Å². The Hall–Kier alpha value is -1.39. The molecule has 2 rings (SSSR count). The molecule has 0 fully saturated rings. The van der Waals surface area contributed by atoms with Crippen LogP contribution >= 0.6 is 24.0 Å². The van der Waals surface area contributed by atoms with E-state index in [-0.39, 0.29) is 24.0 Å². The van der Waals surface area contributed by atoms with Gasteiger partial charge in [0.15, 0.2) is 5.96 Å². The largest absolute Gasteiger partial charge is 0.385 e. The smallest absolute Gasteiger partial charge is 0.191 e. The normalized spacial score (nSPS) is 11.6. The van der Waals surface area contributed by atoms with Crippen LogP contribution in [-0.4, -0.2) is 73.7 Å². The van der Waals surface area contributed by atoms with Crippen LogP contribution in [0.4, 0.5) is 0 Å². The van der Waals surface area contributed by atoms with Gasteiger partial charge in [0.05, 0.1) is 12.2 Å². The zero-order chi connectivity index (χ0) is 18.6. The fourth-order valence-corrected chi connectivity index (χ4v) is 2.68. The minimum atomic E-state index is 0. The number of methoxy groups -OCH3 is 1. The van der Waals surface area contributed by atoms with E-state index in [1.165, 1.54) is 0 Å². The van der Waals surface area contributed by atoms with Crippen molar-refractivity contribution in [3.63, 3.8) is 0 Å². The number of pyridine rings is 1. The lowest BCUT2D eigenvalue weighted by Crippen LogP contribution is -2.39. The summed E-state index contributed by atoms with van der Waals surface area (Å²) in [5, 5.41) is 6.69. The van der Waals surface area contributed by atoms with Gasteiger partial charge >= 0.3 is 0 Å². The zero-order valence-electron chi connectivity index (χ0n) is 16.6. The average molecular weight is 488 g/mol. The van der Waals surface area contributed by atoms with Gasteiger partial charge in [0.1, 0.15) is 5.65 Å². The van der Waals surface area contributed by atoms with Crippen LogP contribution in [0.5, 0.6) is 0 Å². The highest BCUT2D eigenvalue weighted by atomic mass is 127. The first-order valence-electron chi connectivity index (χ1n) is 9.35. The van der Waals surface area contributed by atoms with Crippen LogP contribution in [0.1, 0.15) is 19.0 Å². The van der Waals surface area contributed by atoms with Crippen LogP contribution in [0.3, 0.4) is 0 Å². The standard InChI is InChI=1S/C19H32N6O.HI/c1-4-20-19(22-11-14-24(2)12-7-15-26-3)21-10-9-17-16-25-13-6-5-8-18(25)23-17;/h5-6,8,13,16H,4,7,9-12,14-15H2,1-3H3,(H2,20,21,22);1H. The first-order chi connectivity index (χ1) is 12.7. The van der Waals surface area contributed by atoms with E-state index in [1.54, 1.807) is 7.11 Å². The molecule has 0 amide bonds. The highest BCUT2D eigenvalue weighted by molar-refractivity contribution is 14.0. The highest BCUT2D eigenvalue weighted by Crippen LogP contribution is 2.04. The third-order valence-electron chi connectivity index (χ3n) is 4.07. The van der Waals surface area contributed by atoms with E-state index in [1.807, 2.05) is 28.8 Å². The molecule has 0 atom stereocenters. The lowest BCUT2D eigenvalue weighted by Gasteiger charge is -2.16. The quantitative estimate of drug-likeness (QED) is 0.219. The van der Waals surface area contributed by atoms with Crippen molar-refractivity contribution in [2.24, 2.45) is 4.99 Å². The Morgan fingerprint density at radius 1 is 1.30 bits per heavy atom. The van der Waals surface area contributed by atoms with E-state index in [2.05, 4.69) is 45.7 Å². The Morgan fingerprint density at radius 2 is 2.15 bits per heavy atom. The van der Waals surface area contributed by atoms with Crippen molar-refractivity contribution >= 4 is 35.6 Å². The summed E-state index contributed by atoms with van der Waals surface area (Å²) in [6.07, 6.45) is 6.01. The third-order valence-corrected chi connectivity index (χ3v) is 4.07. The van der Waals surface area contributed by atoms with E-state index >= 15 is 0 Å². The molecule has 2 heterocycles. The van der Waals surface area contributed by atoms with E-state index in [9.17, 15) is 0 Å². The number of aliphatic imine (C=N–C) groups is 1. The molecule has 0 aromatic carbocycles. The number of ether oxygens (including phenoxy) is 1. The zero-order valence-corrected chi connectivity index (χ0v) is 19.0. The second-order valence-corrected chi connectivity index (χ2v) is 6.29. The molecule has 2 aromatic rings. The van der Waals surface area contributed by atoms with Crippen LogP contribution in [0.15, 0.2) is 35.6 Å². The minimum absolute atomic E-state index is 0. The molecule has 2 aromatic heterocycles. The van der Waals surface area contributed by atoms with Gasteiger partial charge in [-0.15, -0.1) is 24.0 Å². The summed E-state index contributed by atoms with van der Waals surface area (Å²) in [5.74, 6) is 0.863. The number of nitrogens with one attached hydrogen (secondary N) is 2. The maximum absolute atomic E-state index is 5.09. The van der Waals surface area contributed by atoms with E-state index in [0.29, 0.717) is 0 Å². The summed E-state index contributed by atoms with van der Waals surface area (Å²) in [4.78, 5) is 11.6. The molecule has 2 N–H and O–H groups in total. The van der Waals surface area contributed by atoms with Gasteiger partial charge in [0.25, 0.3) is 0 Å². The molecule has 152 valence electrons. The Kier molecular flexibility index (Phi) is 12.0. The minimum Gasteiger partial charge on any atom is -0.385 e. The van der Waals surface area contributed by atoms with E-state index < -0.39 is 0 Å². The monoisotopic (exact) mass is 488 g/mol. The van der Waals surface area contributed by atoms with Gasteiger partial charge in [-0.05, 0) is 32.5 Å². The molecule has 0 aliphatic rings. The number of guanidine groups is 1. The molecule has 0 bridgehead atoms.